The lowest BCUT2D eigenvalue weighted by Gasteiger charge is -2.10. The van der Waals surface area contributed by atoms with Gasteiger partial charge >= 0.3 is 0 Å². The molecule has 0 saturated carbocycles. The molecule has 5 heteroatoms. The van der Waals surface area contributed by atoms with Gasteiger partial charge in [0.15, 0.2) is 0 Å². The maximum Gasteiger partial charge on any atom is 0.0778 e. The zero-order chi connectivity index (χ0) is 13.3. The molecule has 0 amide bonds. The Bertz CT molecular complexity index is 573. The second-order valence-electron chi connectivity index (χ2n) is 3.76. The van der Waals surface area contributed by atoms with Crippen LogP contribution in [0.5, 0.6) is 0 Å². The molecule has 18 heavy (non-hydrogen) atoms. The van der Waals surface area contributed by atoms with Gasteiger partial charge in [-0.2, -0.15) is 0 Å². The summed E-state index contributed by atoms with van der Waals surface area (Å²) in [5, 5.41) is 1.82. The number of hydrogen-bond donors (Lipinski definition) is 1. The molecule has 94 valence electrons. The van der Waals surface area contributed by atoms with Crippen LogP contribution in [-0.2, 0) is 6.54 Å². The first-order valence-electron chi connectivity index (χ1n) is 5.16. The maximum atomic E-state index is 6.02. The molecule has 0 bridgehead atoms. The molecule has 0 aliphatic rings. The first kappa shape index (κ1) is 14.0. The third-order valence-electron chi connectivity index (χ3n) is 2.58. The van der Waals surface area contributed by atoms with Gasteiger partial charge in [0.05, 0.1) is 15.1 Å². The molecule has 0 saturated heterocycles. The molecule has 0 atom stereocenters. The number of rotatable bonds is 2. The Hall–Kier alpha value is -0.440. The molecule has 2 aromatic rings. The van der Waals surface area contributed by atoms with Gasteiger partial charge < -0.3 is 5.73 Å². The molecule has 0 aliphatic heterocycles. The van der Waals surface area contributed by atoms with Crippen LogP contribution < -0.4 is 5.73 Å². The van der Waals surface area contributed by atoms with Crippen LogP contribution in [-0.4, -0.2) is 0 Å². The van der Waals surface area contributed by atoms with E-state index in [4.69, 9.17) is 52.1 Å². The highest BCUT2D eigenvalue weighted by Gasteiger charge is 2.10. The van der Waals surface area contributed by atoms with Crippen molar-refractivity contribution in [3.63, 3.8) is 0 Å². The first-order valence-corrected chi connectivity index (χ1v) is 6.67. The van der Waals surface area contributed by atoms with Gasteiger partial charge in [0.1, 0.15) is 0 Å². The van der Waals surface area contributed by atoms with Crippen LogP contribution >= 0.6 is 46.4 Å². The van der Waals surface area contributed by atoms with E-state index in [-0.39, 0.29) is 0 Å². The fourth-order valence-electron chi connectivity index (χ4n) is 1.72. The highest BCUT2D eigenvalue weighted by Crippen LogP contribution is 2.36. The molecule has 0 aromatic heterocycles. The van der Waals surface area contributed by atoms with Crippen molar-refractivity contribution in [2.75, 3.05) is 0 Å². The van der Waals surface area contributed by atoms with Crippen molar-refractivity contribution >= 4 is 46.4 Å². The fourth-order valence-corrected chi connectivity index (χ4v) is 2.51. The van der Waals surface area contributed by atoms with E-state index in [1.807, 2.05) is 12.1 Å². The van der Waals surface area contributed by atoms with Crippen molar-refractivity contribution in [2.45, 2.75) is 6.54 Å². The zero-order valence-corrected chi connectivity index (χ0v) is 12.2. The SMILES string of the molecule is NCc1cc(Cl)ccc1-c1cc(Cl)c(Cl)c(Cl)c1. The summed E-state index contributed by atoms with van der Waals surface area (Å²) in [6.45, 7) is 0.383. The van der Waals surface area contributed by atoms with Crippen LogP contribution in [0, 0.1) is 0 Å². The maximum absolute atomic E-state index is 6.02. The second-order valence-corrected chi connectivity index (χ2v) is 5.39. The van der Waals surface area contributed by atoms with Crippen molar-refractivity contribution < 1.29 is 0 Å². The molecule has 0 aliphatic carbocycles. The molecular formula is C13H9Cl4N. The lowest BCUT2D eigenvalue weighted by molar-refractivity contribution is 1.07. The highest BCUT2D eigenvalue weighted by atomic mass is 35.5. The average molecular weight is 321 g/mol. The summed E-state index contributed by atoms with van der Waals surface area (Å²) >= 11 is 23.9. The van der Waals surface area contributed by atoms with Crippen LogP contribution in [0.1, 0.15) is 5.56 Å². The molecule has 2 N–H and O–H groups in total. The largest absolute Gasteiger partial charge is 0.326 e. The molecule has 1 nitrogen and oxygen atoms in total. The molecule has 2 aromatic carbocycles. The van der Waals surface area contributed by atoms with E-state index >= 15 is 0 Å². The summed E-state index contributed by atoms with van der Waals surface area (Å²) in [6, 6.07) is 9.04. The van der Waals surface area contributed by atoms with Crippen molar-refractivity contribution in [1.29, 1.82) is 0 Å². The number of halogens is 4. The number of hydrogen-bond acceptors (Lipinski definition) is 1. The van der Waals surface area contributed by atoms with E-state index in [9.17, 15) is 0 Å². The quantitative estimate of drug-likeness (QED) is 0.734. The summed E-state index contributed by atoms with van der Waals surface area (Å²) in [7, 11) is 0. The van der Waals surface area contributed by atoms with E-state index in [2.05, 4.69) is 0 Å². The summed E-state index contributed by atoms with van der Waals surface area (Å²) in [6.07, 6.45) is 0. The lowest BCUT2D eigenvalue weighted by Crippen LogP contribution is -1.99. The Morgan fingerprint density at radius 2 is 1.50 bits per heavy atom. The lowest BCUT2D eigenvalue weighted by atomic mass is 10.00. The topological polar surface area (TPSA) is 26.0 Å². The van der Waals surface area contributed by atoms with E-state index < -0.39 is 0 Å². The third kappa shape index (κ3) is 2.76. The van der Waals surface area contributed by atoms with Gasteiger partial charge in [-0.1, -0.05) is 52.5 Å². The van der Waals surface area contributed by atoms with Crippen molar-refractivity contribution in [1.82, 2.24) is 0 Å². The molecule has 0 fully saturated rings. The minimum Gasteiger partial charge on any atom is -0.326 e. The third-order valence-corrected chi connectivity index (χ3v) is 4.01. The predicted octanol–water partition coefficient (Wildman–Crippen LogP) is 5.43. The van der Waals surface area contributed by atoms with Gasteiger partial charge in [-0.15, -0.1) is 0 Å². The van der Waals surface area contributed by atoms with Gasteiger partial charge in [0.25, 0.3) is 0 Å². The normalized spacial score (nSPS) is 10.7. The Morgan fingerprint density at radius 1 is 0.889 bits per heavy atom. The Kier molecular flexibility index (Phi) is 4.41. The van der Waals surface area contributed by atoms with Gasteiger partial charge in [0.2, 0.25) is 0 Å². The monoisotopic (exact) mass is 319 g/mol. The van der Waals surface area contributed by atoms with Gasteiger partial charge in [-0.25, -0.2) is 0 Å². The van der Waals surface area contributed by atoms with Crippen molar-refractivity contribution in [3.05, 3.63) is 56.0 Å². The Labute approximate surface area is 125 Å². The minimum atomic E-state index is 0.352. The predicted molar refractivity (Wildman–Crippen MR) is 79.8 cm³/mol. The van der Waals surface area contributed by atoms with Crippen molar-refractivity contribution in [2.24, 2.45) is 5.73 Å². The average Bonchev–Trinajstić information content (AvgIpc) is 2.35. The highest BCUT2D eigenvalue weighted by molar-refractivity contribution is 6.48. The number of benzene rings is 2. The van der Waals surface area contributed by atoms with E-state index in [0.717, 1.165) is 16.7 Å². The van der Waals surface area contributed by atoms with Crippen LogP contribution in [0.4, 0.5) is 0 Å². The minimum absolute atomic E-state index is 0.352. The van der Waals surface area contributed by atoms with E-state index in [0.29, 0.717) is 26.6 Å². The Balaban J connectivity index is 2.62. The second kappa shape index (κ2) is 5.68. The summed E-state index contributed by atoms with van der Waals surface area (Å²) in [4.78, 5) is 0. The first-order chi connectivity index (χ1) is 8.52. The summed E-state index contributed by atoms with van der Waals surface area (Å²) in [5.74, 6) is 0. The van der Waals surface area contributed by atoms with Crippen LogP contribution in [0.3, 0.4) is 0 Å². The molecular weight excluding hydrogens is 312 g/mol. The molecule has 0 heterocycles. The smallest absolute Gasteiger partial charge is 0.0778 e. The molecule has 2 rings (SSSR count). The standard InChI is InChI=1S/C13H9Cl4N/c14-9-1-2-10(8(3-9)6-18)7-4-11(15)13(17)12(16)5-7/h1-5H,6,18H2. The molecule has 0 unspecified atom stereocenters. The zero-order valence-electron chi connectivity index (χ0n) is 9.18. The summed E-state index contributed by atoms with van der Waals surface area (Å²) in [5.41, 5.74) is 8.45. The van der Waals surface area contributed by atoms with Crippen LogP contribution in [0.25, 0.3) is 11.1 Å². The van der Waals surface area contributed by atoms with Gasteiger partial charge in [-0.3, -0.25) is 0 Å². The fraction of sp³-hybridized carbons (Fsp3) is 0.0769. The van der Waals surface area contributed by atoms with E-state index in [1.54, 1.807) is 18.2 Å². The van der Waals surface area contributed by atoms with Gasteiger partial charge in [-0.05, 0) is 41.0 Å². The molecule has 0 radical (unpaired) electrons. The van der Waals surface area contributed by atoms with Gasteiger partial charge in [0, 0.05) is 11.6 Å². The number of nitrogens with two attached hydrogens (primary N) is 1. The van der Waals surface area contributed by atoms with Crippen LogP contribution in [0.15, 0.2) is 30.3 Å². The molecule has 0 spiro atoms. The van der Waals surface area contributed by atoms with Crippen molar-refractivity contribution in [3.8, 4) is 11.1 Å². The van der Waals surface area contributed by atoms with E-state index in [1.165, 1.54) is 0 Å². The Morgan fingerprint density at radius 3 is 2.06 bits per heavy atom. The summed E-state index contributed by atoms with van der Waals surface area (Å²) < 4.78 is 0. The van der Waals surface area contributed by atoms with Crippen LogP contribution in [0.2, 0.25) is 20.1 Å².